The number of hydrogen-bond acceptors (Lipinski definition) is 5. The van der Waals surface area contributed by atoms with E-state index in [0.717, 1.165) is 18.2 Å². The Bertz CT molecular complexity index is 1080. The van der Waals surface area contributed by atoms with E-state index in [1.165, 1.54) is 25.7 Å². The molecule has 0 saturated carbocycles. The number of esters is 1. The number of nitrogens with zero attached hydrogens (tertiary/aromatic N) is 1. The normalized spacial score (nSPS) is 14.2. The van der Waals surface area contributed by atoms with E-state index in [1.54, 1.807) is 30.3 Å². The summed E-state index contributed by atoms with van der Waals surface area (Å²) in [5, 5.41) is 2.33. The van der Waals surface area contributed by atoms with E-state index in [1.807, 2.05) is 0 Å². The molecule has 9 heteroatoms. The number of carbonyl (C=O) groups is 3. The predicted octanol–water partition coefficient (Wildman–Crippen LogP) is 3.47. The largest absolute Gasteiger partial charge is 0.473 e. The lowest BCUT2D eigenvalue weighted by atomic mass is 9.96. The zero-order valence-electron chi connectivity index (χ0n) is 17.8. The third-order valence-electron chi connectivity index (χ3n) is 4.98. The molecular weight excluding hydrogens is 422 g/mol. The average Bonchev–Trinajstić information content (AvgIpc) is 2.75. The van der Waals surface area contributed by atoms with Crippen LogP contribution in [0.4, 0.5) is 14.5 Å². The minimum atomic E-state index is -1.50. The summed E-state index contributed by atoms with van der Waals surface area (Å²) in [5.41, 5.74) is -1.20. The predicted molar refractivity (Wildman–Crippen MR) is 112 cm³/mol. The molecule has 1 aliphatic rings. The Balaban J connectivity index is 1.92. The first-order valence-corrected chi connectivity index (χ1v) is 9.74. The molecule has 32 heavy (non-hydrogen) atoms. The lowest BCUT2D eigenvalue weighted by Crippen LogP contribution is -2.57. The molecule has 0 atom stereocenters. The Morgan fingerprint density at radius 3 is 2.50 bits per heavy atom. The van der Waals surface area contributed by atoms with E-state index in [4.69, 9.17) is 9.47 Å². The molecule has 0 saturated heterocycles. The van der Waals surface area contributed by atoms with Crippen molar-refractivity contribution < 1.29 is 32.6 Å². The van der Waals surface area contributed by atoms with Crippen molar-refractivity contribution in [3.63, 3.8) is 0 Å². The van der Waals surface area contributed by atoms with Crippen LogP contribution in [0.3, 0.4) is 0 Å². The molecule has 0 fully saturated rings. The number of anilines is 1. The summed E-state index contributed by atoms with van der Waals surface area (Å²) in [6.07, 6.45) is 0. The zero-order chi connectivity index (χ0) is 23.5. The first kappa shape index (κ1) is 22.9. The molecule has 0 radical (unpaired) electrons. The lowest BCUT2D eigenvalue weighted by Gasteiger charge is -2.40. The number of halogens is 2. The minimum Gasteiger partial charge on any atom is -0.473 e. The van der Waals surface area contributed by atoms with Crippen molar-refractivity contribution >= 4 is 29.0 Å². The third kappa shape index (κ3) is 4.77. The van der Waals surface area contributed by atoms with Gasteiger partial charge in [0, 0.05) is 13.0 Å². The van der Waals surface area contributed by atoms with E-state index in [9.17, 15) is 23.2 Å². The summed E-state index contributed by atoms with van der Waals surface area (Å²) in [4.78, 5) is 38.8. The van der Waals surface area contributed by atoms with Crippen LogP contribution in [0.2, 0.25) is 0 Å². The SMILES string of the molecule is CC(=O)OCC1=C(c2ccccc2)C(=O)N(C(C)(C)C(=O)Nc2cc(F)ccc2F)CO1. The van der Waals surface area contributed by atoms with Crippen LogP contribution in [0.5, 0.6) is 0 Å². The first-order valence-electron chi connectivity index (χ1n) is 9.74. The quantitative estimate of drug-likeness (QED) is 0.690. The van der Waals surface area contributed by atoms with Gasteiger partial charge in [0.05, 0.1) is 11.3 Å². The third-order valence-corrected chi connectivity index (χ3v) is 4.98. The molecule has 2 aromatic carbocycles. The van der Waals surface area contributed by atoms with Gasteiger partial charge in [-0.2, -0.15) is 0 Å². The van der Waals surface area contributed by atoms with Crippen molar-refractivity contribution in [3.8, 4) is 0 Å². The number of nitrogens with one attached hydrogen (secondary N) is 1. The van der Waals surface area contributed by atoms with Crippen molar-refractivity contribution in [1.82, 2.24) is 4.90 Å². The van der Waals surface area contributed by atoms with Gasteiger partial charge >= 0.3 is 5.97 Å². The van der Waals surface area contributed by atoms with Crippen molar-refractivity contribution in [2.24, 2.45) is 0 Å². The topological polar surface area (TPSA) is 84.9 Å². The maximum atomic E-state index is 14.0. The highest BCUT2D eigenvalue weighted by Crippen LogP contribution is 2.31. The molecule has 0 bridgehead atoms. The summed E-state index contributed by atoms with van der Waals surface area (Å²) < 4.78 is 38.2. The smallest absolute Gasteiger partial charge is 0.303 e. The summed E-state index contributed by atoms with van der Waals surface area (Å²) in [7, 11) is 0. The molecule has 2 aromatic rings. The van der Waals surface area contributed by atoms with Crippen molar-refractivity contribution in [1.29, 1.82) is 0 Å². The number of amides is 2. The molecule has 0 spiro atoms. The van der Waals surface area contributed by atoms with Gasteiger partial charge in [-0.25, -0.2) is 8.78 Å². The first-order chi connectivity index (χ1) is 15.1. The lowest BCUT2D eigenvalue weighted by molar-refractivity contribution is -0.149. The molecule has 1 aliphatic heterocycles. The molecule has 1 N–H and O–H groups in total. The van der Waals surface area contributed by atoms with E-state index in [0.29, 0.717) is 5.56 Å². The van der Waals surface area contributed by atoms with Crippen LogP contribution in [0.1, 0.15) is 26.3 Å². The molecule has 0 unspecified atom stereocenters. The van der Waals surface area contributed by atoms with Crippen molar-refractivity contribution in [3.05, 3.63) is 71.5 Å². The average molecular weight is 444 g/mol. The summed E-state index contributed by atoms with van der Waals surface area (Å²) in [5.74, 6) is -3.20. The van der Waals surface area contributed by atoms with Gasteiger partial charge in [0.2, 0.25) is 5.91 Å². The Kier molecular flexibility index (Phi) is 6.57. The number of rotatable bonds is 6. The van der Waals surface area contributed by atoms with Gasteiger partial charge in [-0.15, -0.1) is 0 Å². The van der Waals surface area contributed by atoms with Crippen LogP contribution < -0.4 is 5.32 Å². The van der Waals surface area contributed by atoms with E-state index < -0.39 is 35.0 Å². The second kappa shape index (κ2) is 9.17. The molecule has 2 amide bonds. The van der Waals surface area contributed by atoms with Gasteiger partial charge in [-0.3, -0.25) is 19.3 Å². The highest BCUT2D eigenvalue weighted by atomic mass is 19.1. The molecular formula is C23H22F2N2O5. The fraction of sp³-hybridized carbons (Fsp3) is 0.261. The highest BCUT2D eigenvalue weighted by Gasteiger charge is 2.43. The van der Waals surface area contributed by atoms with Crippen LogP contribution in [0.15, 0.2) is 54.3 Å². The monoisotopic (exact) mass is 444 g/mol. The maximum Gasteiger partial charge on any atom is 0.303 e. The molecule has 168 valence electrons. The van der Waals surface area contributed by atoms with Crippen LogP contribution in [-0.2, 0) is 23.9 Å². The summed E-state index contributed by atoms with van der Waals surface area (Å²) >= 11 is 0. The van der Waals surface area contributed by atoms with Gasteiger partial charge in [0.25, 0.3) is 5.91 Å². The Labute approximate surface area is 183 Å². The molecule has 0 aromatic heterocycles. The van der Waals surface area contributed by atoms with Gasteiger partial charge < -0.3 is 14.8 Å². The van der Waals surface area contributed by atoms with Crippen LogP contribution in [0, 0.1) is 11.6 Å². The van der Waals surface area contributed by atoms with Gasteiger partial charge in [-0.05, 0) is 31.5 Å². The van der Waals surface area contributed by atoms with E-state index >= 15 is 0 Å². The second-order valence-electron chi connectivity index (χ2n) is 7.59. The maximum absolute atomic E-state index is 14.0. The van der Waals surface area contributed by atoms with E-state index in [2.05, 4.69) is 5.32 Å². The Morgan fingerprint density at radius 1 is 1.16 bits per heavy atom. The molecule has 7 nitrogen and oxygen atoms in total. The fourth-order valence-corrected chi connectivity index (χ4v) is 3.10. The van der Waals surface area contributed by atoms with Crippen molar-refractivity contribution in [2.75, 3.05) is 18.7 Å². The van der Waals surface area contributed by atoms with Gasteiger partial charge in [0.15, 0.2) is 6.73 Å². The molecule has 3 rings (SSSR count). The van der Waals surface area contributed by atoms with E-state index in [-0.39, 0.29) is 30.4 Å². The number of carbonyl (C=O) groups excluding carboxylic acids is 3. The summed E-state index contributed by atoms with van der Waals surface area (Å²) in [6, 6.07) is 11.3. The standard InChI is InChI=1S/C23H22F2N2O5/c1-14(28)31-12-19-20(15-7-5-4-6-8-15)21(29)27(13-32-19)23(2,3)22(30)26-18-11-16(24)9-10-17(18)25/h4-11H,12-13H2,1-3H3,(H,26,30). The molecule has 1 heterocycles. The zero-order valence-corrected chi connectivity index (χ0v) is 17.8. The fourth-order valence-electron chi connectivity index (χ4n) is 3.10. The number of ether oxygens (including phenoxy) is 2. The number of hydrogen-bond donors (Lipinski definition) is 1. The van der Waals surface area contributed by atoms with Gasteiger partial charge in [-0.1, -0.05) is 30.3 Å². The van der Waals surface area contributed by atoms with Crippen LogP contribution >= 0.6 is 0 Å². The van der Waals surface area contributed by atoms with Crippen LogP contribution in [-0.4, -0.2) is 41.6 Å². The van der Waals surface area contributed by atoms with Crippen molar-refractivity contribution in [2.45, 2.75) is 26.3 Å². The minimum absolute atomic E-state index is 0.135. The summed E-state index contributed by atoms with van der Waals surface area (Å²) in [6.45, 7) is 3.59. The Hall–Kier alpha value is -3.75. The number of benzene rings is 2. The van der Waals surface area contributed by atoms with Gasteiger partial charge in [0.1, 0.15) is 29.5 Å². The molecule has 0 aliphatic carbocycles. The highest BCUT2D eigenvalue weighted by molar-refractivity contribution is 6.22. The van der Waals surface area contributed by atoms with Crippen LogP contribution in [0.25, 0.3) is 5.57 Å². The second-order valence-corrected chi connectivity index (χ2v) is 7.59. The Morgan fingerprint density at radius 2 is 1.84 bits per heavy atom.